The van der Waals surface area contributed by atoms with Crippen LogP contribution in [0.3, 0.4) is 0 Å². The van der Waals surface area contributed by atoms with Crippen molar-refractivity contribution in [3.63, 3.8) is 0 Å². The molecule has 0 aliphatic carbocycles. The van der Waals surface area contributed by atoms with E-state index in [2.05, 4.69) is 9.97 Å². The van der Waals surface area contributed by atoms with Crippen LogP contribution in [0.2, 0.25) is 0 Å². The molecule has 2 aromatic carbocycles. The van der Waals surface area contributed by atoms with Crippen molar-refractivity contribution in [1.29, 1.82) is 0 Å². The highest BCUT2D eigenvalue weighted by atomic mass is 32.2. The molecule has 4 rings (SSSR count). The van der Waals surface area contributed by atoms with Crippen molar-refractivity contribution < 1.29 is 4.79 Å². The van der Waals surface area contributed by atoms with E-state index in [-0.39, 0.29) is 17.2 Å². The highest BCUT2D eigenvalue weighted by Gasteiger charge is 2.15. The smallest absolute Gasteiger partial charge is 0.293 e. The molecular formula is C24H24N4O2S. The van der Waals surface area contributed by atoms with Crippen LogP contribution in [0.5, 0.6) is 0 Å². The number of benzene rings is 2. The van der Waals surface area contributed by atoms with Gasteiger partial charge in [-0.2, -0.15) is 0 Å². The largest absolute Gasteiger partial charge is 0.329 e. The highest BCUT2D eigenvalue weighted by molar-refractivity contribution is 7.99. The minimum atomic E-state index is -0.0381. The van der Waals surface area contributed by atoms with E-state index in [9.17, 15) is 9.59 Å². The van der Waals surface area contributed by atoms with Crippen molar-refractivity contribution in [3.8, 4) is 11.3 Å². The Morgan fingerprint density at radius 1 is 0.935 bits per heavy atom. The summed E-state index contributed by atoms with van der Waals surface area (Å²) in [6.07, 6.45) is 0. The van der Waals surface area contributed by atoms with Crippen LogP contribution in [-0.2, 0) is 13.1 Å². The summed E-state index contributed by atoms with van der Waals surface area (Å²) in [6.45, 7) is 6.91. The molecule has 0 bridgehead atoms. The SMILES string of the molecule is CCn1c(=O)n(CC)c2cc(C(=O)CSc3cc(-c4ccccc4)nc(C)n3)ccc21. The molecule has 0 saturated carbocycles. The zero-order valence-electron chi connectivity index (χ0n) is 17.8. The molecule has 7 heteroatoms. The molecule has 0 unspecified atom stereocenters. The Labute approximate surface area is 185 Å². The summed E-state index contributed by atoms with van der Waals surface area (Å²) >= 11 is 1.40. The van der Waals surface area contributed by atoms with Gasteiger partial charge >= 0.3 is 5.69 Å². The number of hydrogen-bond donors (Lipinski definition) is 0. The average Bonchev–Trinajstić information content (AvgIpc) is 3.07. The topological polar surface area (TPSA) is 69.8 Å². The van der Waals surface area contributed by atoms with Crippen molar-refractivity contribution in [1.82, 2.24) is 19.1 Å². The third kappa shape index (κ3) is 4.18. The van der Waals surface area contributed by atoms with E-state index in [1.54, 1.807) is 15.2 Å². The number of hydrogen-bond acceptors (Lipinski definition) is 5. The van der Waals surface area contributed by atoms with Crippen molar-refractivity contribution in [2.45, 2.75) is 38.9 Å². The molecule has 2 heterocycles. The summed E-state index contributed by atoms with van der Waals surface area (Å²) in [6, 6.07) is 17.3. The van der Waals surface area contributed by atoms with Crippen LogP contribution in [0.1, 0.15) is 30.0 Å². The van der Waals surface area contributed by atoms with E-state index in [0.717, 1.165) is 27.3 Å². The van der Waals surface area contributed by atoms with Crippen molar-refractivity contribution in [2.75, 3.05) is 5.75 Å². The molecule has 2 aromatic heterocycles. The van der Waals surface area contributed by atoms with Gasteiger partial charge in [0.1, 0.15) is 10.9 Å². The molecule has 0 aliphatic heterocycles. The van der Waals surface area contributed by atoms with Gasteiger partial charge in [0.25, 0.3) is 0 Å². The number of rotatable bonds is 7. The van der Waals surface area contributed by atoms with Gasteiger partial charge in [-0.1, -0.05) is 42.1 Å². The summed E-state index contributed by atoms with van der Waals surface area (Å²) < 4.78 is 3.44. The van der Waals surface area contributed by atoms with Crippen LogP contribution in [0.4, 0.5) is 0 Å². The number of nitrogens with zero attached hydrogens (tertiary/aromatic N) is 4. The van der Waals surface area contributed by atoms with E-state index in [4.69, 9.17) is 0 Å². The maximum atomic E-state index is 12.9. The number of ketones is 1. The van der Waals surface area contributed by atoms with Crippen LogP contribution in [0.15, 0.2) is 64.4 Å². The van der Waals surface area contributed by atoms with E-state index in [1.807, 2.05) is 69.3 Å². The van der Waals surface area contributed by atoms with E-state index < -0.39 is 0 Å². The van der Waals surface area contributed by atoms with E-state index in [0.29, 0.717) is 24.5 Å². The van der Waals surface area contributed by atoms with Crippen molar-refractivity contribution >= 4 is 28.6 Å². The monoisotopic (exact) mass is 432 g/mol. The second kappa shape index (κ2) is 8.89. The van der Waals surface area contributed by atoms with E-state index in [1.165, 1.54) is 11.8 Å². The number of aromatic nitrogens is 4. The predicted octanol–water partition coefficient (Wildman–Crippen LogP) is 4.58. The van der Waals surface area contributed by atoms with Crippen LogP contribution in [0.25, 0.3) is 22.3 Å². The molecule has 0 radical (unpaired) electrons. The quantitative estimate of drug-likeness (QED) is 0.243. The second-order valence-electron chi connectivity index (χ2n) is 7.19. The zero-order valence-corrected chi connectivity index (χ0v) is 18.6. The first-order valence-electron chi connectivity index (χ1n) is 10.3. The normalized spacial score (nSPS) is 11.2. The maximum Gasteiger partial charge on any atom is 0.329 e. The lowest BCUT2D eigenvalue weighted by Gasteiger charge is -2.07. The fraction of sp³-hybridized carbons (Fsp3) is 0.250. The fourth-order valence-corrected chi connectivity index (χ4v) is 4.54. The number of carbonyl (C=O) groups excluding carboxylic acids is 1. The molecular weight excluding hydrogens is 408 g/mol. The lowest BCUT2D eigenvalue weighted by molar-refractivity contribution is 0.102. The average molecular weight is 433 g/mol. The zero-order chi connectivity index (χ0) is 22.0. The van der Waals surface area contributed by atoms with Crippen LogP contribution in [0, 0.1) is 6.92 Å². The van der Waals surface area contributed by atoms with Gasteiger partial charge in [0.05, 0.1) is 22.5 Å². The van der Waals surface area contributed by atoms with Crippen LogP contribution < -0.4 is 5.69 Å². The molecule has 0 fully saturated rings. The Morgan fingerprint density at radius 3 is 2.35 bits per heavy atom. The van der Waals surface area contributed by atoms with Crippen LogP contribution in [-0.4, -0.2) is 30.6 Å². The van der Waals surface area contributed by atoms with Crippen molar-refractivity contribution in [3.05, 3.63) is 76.5 Å². The molecule has 6 nitrogen and oxygen atoms in total. The Bertz CT molecular complexity index is 1310. The molecule has 0 atom stereocenters. The lowest BCUT2D eigenvalue weighted by atomic mass is 10.1. The fourth-order valence-electron chi connectivity index (χ4n) is 3.70. The van der Waals surface area contributed by atoms with Gasteiger partial charge in [-0.25, -0.2) is 14.8 Å². The van der Waals surface area contributed by atoms with Gasteiger partial charge in [-0.05, 0) is 45.0 Å². The summed E-state index contributed by atoms with van der Waals surface area (Å²) in [7, 11) is 0. The molecule has 0 N–H and O–H groups in total. The minimum absolute atomic E-state index is 0.00350. The molecule has 31 heavy (non-hydrogen) atoms. The molecule has 0 spiro atoms. The number of thioether (sulfide) groups is 1. The van der Waals surface area contributed by atoms with Crippen molar-refractivity contribution in [2.24, 2.45) is 0 Å². The maximum absolute atomic E-state index is 12.9. The molecule has 158 valence electrons. The first-order valence-corrected chi connectivity index (χ1v) is 11.3. The molecule has 0 aliphatic rings. The Balaban J connectivity index is 1.57. The number of fused-ring (bicyclic) bond motifs is 1. The van der Waals surface area contributed by atoms with Gasteiger partial charge in [0.2, 0.25) is 0 Å². The number of carbonyl (C=O) groups is 1. The van der Waals surface area contributed by atoms with Gasteiger partial charge in [-0.3, -0.25) is 13.9 Å². The van der Waals surface area contributed by atoms with E-state index >= 15 is 0 Å². The summed E-state index contributed by atoms with van der Waals surface area (Å²) in [4.78, 5) is 34.4. The summed E-state index contributed by atoms with van der Waals surface area (Å²) in [5, 5.41) is 0.767. The summed E-state index contributed by atoms with van der Waals surface area (Å²) in [5.41, 5.74) is 4.09. The standard InChI is InChI=1S/C24H24N4O2S/c1-4-27-20-12-11-18(13-21(20)28(5-2)24(27)30)22(29)15-31-23-14-19(25-16(3)26-23)17-9-7-6-8-10-17/h6-14H,4-5,15H2,1-3H3. The van der Waals surface area contributed by atoms with Gasteiger partial charge in [0, 0.05) is 24.2 Å². The number of aryl methyl sites for hydroxylation is 3. The lowest BCUT2D eigenvalue weighted by Crippen LogP contribution is -2.23. The Hall–Kier alpha value is -3.19. The third-order valence-electron chi connectivity index (χ3n) is 5.21. The van der Waals surface area contributed by atoms with Gasteiger partial charge < -0.3 is 0 Å². The second-order valence-corrected chi connectivity index (χ2v) is 8.19. The van der Waals surface area contributed by atoms with Gasteiger partial charge in [0.15, 0.2) is 5.78 Å². The molecule has 0 amide bonds. The molecule has 0 saturated heterocycles. The Morgan fingerprint density at radius 2 is 1.65 bits per heavy atom. The first kappa shape index (κ1) is 21.1. The third-order valence-corrected chi connectivity index (χ3v) is 6.12. The van der Waals surface area contributed by atoms with Crippen LogP contribution >= 0.6 is 11.8 Å². The first-order chi connectivity index (χ1) is 15.0. The number of imidazole rings is 1. The summed E-state index contributed by atoms with van der Waals surface area (Å²) in [5.74, 6) is 0.940. The van der Waals surface area contributed by atoms with Gasteiger partial charge in [-0.15, -0.1) is 0 Å². The minimum Gasteiger partial charge on any atom is -0.293 e. The predicted molar refractivity (Wildman–Crippen MR) is 125 cm³/mol. The molecule has 4 aromatic rings. The highest BCUT2D eigenvalue weighted by Crippen LogP contribution is 2.24. The number of Topliss-reactive ketones (excluding diaryl/α,β-unsaturated/α-hetero) is 1. The Kier molecular flexibility index (Phi) is 6.04.